The fraction of sp³-hybridized carbons (Fsp3) is 0.562. The number of carbonyl (C=O) groups excluding carboxylic acids is 1. The number of anilines is 2. The first kappa shape index (κ1) is 16.0. The highest BCUT2D eigenvalue weighted by molar-refractivity contribution is 5.89. The van der Waals surface area contributed by atoms with E-state index in [9.17, 15) is 18.7 Å². The number of amides is 2. The largest absolute Gasteiger partial charge is 0.396 e. The fourth-order valence-electron chi connectivity index (χ4n) is 2.89. The minimum absolute atomic E-state index is 0.0225. The molecule has 5 nitrogen and oxygen atoms in total. The van der Waals surface area contributed by atoms with Crippen molar-refractivity contribution in [1.29, 1.82) is 0 Å². The third-order valence-corrected chi connectivity index (χ3v) is 4.61. The van der Waals surface area contributed by atoms with E-state index in [4.69, 9.17) is 0 Å². The zero-order valence-corrected chi connectivity index (χ0v) is 12.9. The first-order chi connectivity index (χ1) is 11.0. The third-order valence-electron chi connectivity index (χ3n) is 4.61. The van der Waals surface area contributed by atoms with Gasteiger partial charge < -0.3 is 20.6 Å². The van der Waals surface area contributed by atoms with Gasteiger partial charge in [0.1, 0.15) is 5.69 Å². The molecule has 0 radical (unpaired) electrons. The third kappa shape index (κ3) is 3.55. The maximum absolute atomic E-state index is 14.2. The average Bonchev–Trinajstić information content (AvgIpc) is 3.10. The Morgan fingerprint density at radius 3 is 2.35 bits per heavy atom. The van der Waals surface area contributed by atoms with Gasteiger partial charge >= 0.3 is 6.03 Å². The Morgan fingerprint density at radius 2 is 1.83 bits per heavy atom. The van der Waals surface area contributed by atoms with Gasteiger partial charge in [0.15, 0.2) is 11.6 Å². The van der Waals surface area contributed by atoms with Gasteiger partial charge in [-0.25, -0.2) is 13.6 Å². The maximum Gasteiger partial charge on any atom is 0.319 e. The van der Waals surface area contributed by atoms with E-state index in [0.29, 0.717) is 19.6 Å². The lowest BCUT2D eigenvalue weighted by atomic mass is 10.1. The highest BCUT2D eigenvalue weighted by atomic mass is 19.1. The van der Waals surface area contributed by atoms with Crippen LogP contribution < -0.4 is 15.5 Å². The van der Waals surface area contributed by atoms with Crippen molar-refractivity contribution in [2.45, 2.75) is 25.7 Å². The Kier molecular flexibility index (Phi) is 4.39. The van der Waals surface area contributed by atoms with E-state index in [-0.39, 0.29) is 23.4 Å². The van der Waals surface area contributed by atoms with Crippen LogP contribution in [0.3, 0.4) is 0 Å². The van der Waals surface area contributed by atoms with Crippen molar-refractivity contribution < 1.29 is 18.7 Å². The molecule has 1 aromatic carbocycles. The summed E-state index contributed by atoms with van der Waals surface area (Å²) in [5.74, 6) is -1.34. The molecular formula is C16H21F2N3O2. The number of carbonyl (C=O) groups is 1. The molecule has 0 unspecified atom stereocenters. The molecule has 1 aromatic rings. The van der Waals surface area contributed by atoms with Crippen molar-refractivity contribution in [2.24, 2.45) is 5.41 Å². The fourth-order valence-corrected chi connectivity index (χ4v) is 2.89. The normalized spacial score (nSPS) is 18.8. The van der Waals surface area contributed by atoms with Crippen molar-refractivity contribution in [2.75, 3.05) is 36.5 Å². The van der Waals surface area contributed by atoms with E-state index < -0.39 is 17.7 Å². The molecule has 0 spiro atoms. The Hall–Kier alpha value is -1.89. The lowest BCUT2D eigenvalue weighted by molar-refractivity contribution is 0.206. The molecule has 1 saturated heterocycles. The molecular weight excluding hydrogens is 304 g/mol. The van der Waals surface area contributed by atoms with Gasteiger partial charge in [-0.05, 0) is 37.8 Å². The highest BCUT2D eigenvalue weighted by Crippen LogP contribution is 2.44. The van der Waals surface area contributed by atoms with Gasteiger partial charge in [0, 0.05) is 30.7 Å². The zero-order chi connectivity index (χ0) is 16.4. The summed E-state index contributed by atoms with van der Waals surface area (Å²) in [5.41, 5.74) is -0.159. The van der Waals surface area contributed by atoms with Gasteiger partial charge in [-0.2, -0.15) is 0 Å². The highest BCUT2D eigenvalue weighted by Gasteiger charge is 2.42. The van der Waals surface area contributed by atoms with Gasteiger partial charge in [0.2, 0.25) is 0 Å². The molecule has 3 N–H and O–H groups in total. The minimum Gasteiger partial charge on any atom is -0.396 e. The molecule has 126 valence electrons. The number of hydrogen-bond acceptors (Lipinski definition) is 3. The molecule has 23 heavy (non-hydrogen) atoms. The van der Waals surface area contributed by atoms with Crippen LogP contribution in [0.15, 0.2) is 12.1 Å². The number of halogens is 2. The van der Waals surface area contributed by atoms with Crippen LogP contribution in [-0.2, 0) is 0 Å². The summed E-state index contributed by atoms with van der Waals surface area (Å²) in [4.78, 5) is 13.5. The monoisotopic (exact) mass is 325 g/mol. The van der Waals surface area contributed by atoms with E-state index in [0.717, 1.165) is 37.8 Å². The van der Waals surface area contributed by atoms with Crippen LogP contribution in [0.1, 0.15) is 25.7 Å². The second kappa shape index (κ2) is 6.31. The lowest BCUT2D eigenvalue weighted by Crippen LogP contribution is -2.35. The number of nitrogens with zero attached hydrogens (tertiary/aromatic N) is 1. The standard InChI is InChI=1S/C16H21F2N3O2/c17-12-7-11(8-13(18)14(12)21-5-1-2-6-21)20-15(23)19-9-16(10-22)3-4-16/h7-8,22H,1-6,9-10H2,(H2,19,20,23). The predicted molar refractivity (Wildman–Crippen MR) is 83.6 cm³/mol. The Labute approximate surface area is 133 Å². The number of rotatable bonds is 5. The number of hydrogen-bond donors (Lipinski definition) is 3. The second-order valence-corrected chi connectivity index (χ2v) is 6.45. The van der Waals surface area contributed by atoms with Crippen LogP contribution in [0.5, 0.6) is 0 Å². The maximum atomic E-state index is 14.2. The number of nitrogens with one attached hydrogen (secondary N) is 2. The molecule has 0 atom stereocenters. The number of benzene rings is 1. The Balaban J connectivity index is 1.62. The van der Waals surface area contributed by atoms with Crippen molar-refractivity contribution in [3.05, 3.63) is 23.8 Å². The van der Waals surface area contributed by atoms with Gasteiger partial charge in [-0.1, -0.05) is 0 Å². The van der Waals surface area contributed by atoms with Crippen LogP contribution >= 0.6 is 0 Å². The zero-order valence-electron chi connectivity index (χ0n) is 12.9. The van der Waals surface area contributed by atoms with Crippen LogP contribution in [0.25, 0.3) is 0 Å². The molecule has 0 bridgehead atoms. The van der Waals surface area contributed by atoms with Crippen molar-refractivity contribution in [3.8, 4) is 0 Å². The van der Waals surface area contributed by atoms with E-state index in [1.54, 1.807) is 4.90 Å². The smallest absolute Gasteiger partial charge is 0.319 e. The first-order valence-electron chi connectivity index (χ1n) is 7.93. The quantitative estimate of drug-likeness (QED) is 0.779. The predicted octanol–water partition coefficient (Wildman–Crippen LogP) is 2.46. The minimum atomic E-state index is -0.670. The van der Waals surface area contributed by atoms with Gasteiger partial charge in [-0.15, -0.1) is 0 Å². The summed E-state index contributed by atoms with van der Waals surface area (Å²) in [6.45, 7) is 1.67. The Bertz CT molecular complexity index is 576. The van der Waals surface area contributed by atoms with E-state index in [1.165, 1.54) is 0 Å². The molecule has 1 saturated carbocycles. The summed E-state index contributed by atoms with van der Waals surface area (Å²) in [6, 6.07) is 1.74. The number of aliphatic hydroxyl groups excluding tert-OH is 1. The van der Waals surface area contributed by atoms with E-state index in [1.807, 2.05) is 0 Å². The molecule has 2 amide bonds. The van der Waals surface area contributed by atoms with Gasteiger partial charge in [0.05, 0.1) is 6.61 Å². The van der Waals surface area contributed by atoms with Crippen molar-refractivity contribution in [1.82, 2.24) is 5.32 Å². The SMILES string of the molecule is O=C(NCC1(CO)CC1)Nc1cc(F)c(N2CCCC2)c(F)c1. The van der Waals surface area contributed by atoms with E-state index >= 15 is 0 Å². The molecule has 7 heteroatoms. The van der Waals surface area contributed by atoms with Crippen molar-refractivity contribution >= 4 is 17.4 Å². The average molecular weight is 325 g/mol. The second-order valence-electron chi connectivity index (χ2n) is 6.45. The summed E-state index contributed by atoms with van der Waals surface area (Å²) in [7, 11) is 0. The van der Waals surface area contributed by atoms with Gasteiger partial charge in [0.25, 0.3) is 0 Å². The molecule has 1 aliphatic carbocycles. The molecule has 2 aliphatic rings. The number of aliphatic hydroxyl groups is 1. The van der Waals surface area contributed by atoms with Crippen LogP contribution in [0.4, 0.5) is 25.0 Å². The topological polar surface area (TPSA) is 64.6 Å². The lowest BCUT2D eigenvalue weighted by Gasteiger charge is -2.20. The molecule has 1 heterocycles. The summed E-state index contributed by atoms with van der Waals surface area (Å²) < 4.78 is 28.3. The summed E-state index contributed by atoms with van der Waals surface area (Å²) in [5, 5.41) is 14.3. The van der Waals surface area contributed by atoms with E-state index in [2.05, 4.69) is 10.6 Å². The molecule has 3 rings (SSSR count). The molecule has 1 aliphatic heterocycles. The number of urea groups is 1. The first-order valence-corrected chi connectivity index (χ1v) is 7.93. The molecule has 0 aromatic heterocycles. The summed E-state index contributed by atoms with van der Waals surface area (Å²) in [6.07, 6.45) is 3.59. The Morgan fingerprint density at radius 1 is 1.22 bits per heavy atom. The van der Waals surface area contributed by atoms with Crippen molar-refractivity contribution in [3.63, 3.8) is 0 Å². The van der Waals surface area contributed by atoms with Gasteiger partial charge in [-0.3, -0.25) is 0 Å². The molecule has 2 fully saturated rings. The summed E-state index contributed by atoms with van der Waals surface area (Å²) >= 11 is 0. The van der Waals surface area contributed by atoms with Crippen LogP contribution in [-0.4, -0.2) is 37.4 Å². The van der Waals surface area contributed by atoms with Crippen LogP contribution in [0, 0.1) is 17.0 Å². The van der Waals surface area contributed by atoms with Crippen LogP contribution in [0.2, 0.25) is 0 Å².